The van der Waals surface area contributed by atoms with E-state index < -0.39 is 48.8 Å². The Bertz CT molecular complexity index is 540. The van der Waals surface area contributed by atoms with Crippen LogP contribution in [-0.4, -0.2) is 54.1 Å². The van der Waals surface area contributed by atoms with E-state index in [1.165, 1.54) is 0 Å². The number of esters is 2. The predicted octanol–water partition coefficient (Wildman–Crippen LogP) is 2.06. The normalized spacial score (nSPS) is 10.7. The molecule has 26 heavy (non-hydrogen) atoms. The minimum atomic E-state index is -5.94. The van der Waals surface area contributed by atoms with E-state index in [0.29, 0.717) is 6.08 Å². The fraction of sp³-hybridized carbons (Fsp3) is 0.429. The van der Waals surface area contributed by atoms with Gasteiger partial charge in [-0.15, -0.1) is 0 Å². The molecule has 0 amide bonds. The first-order valence-electron chi connectivity index (χ1n) is 6.57. The molecular formula is C14H15F5O7. The van der Waals surface area contributed by atoms with Gasteiger partial charge in [-0.1, -0.05) is 13.2 Å². The number of ether oxygens (including phenoxy) is 2. The second-order valence-electron chi connectivity index (χ2n) is 4.13. The fourth-order valence-corrected chi connectivity index (χ4v) is 0.916. The minimum Gasteiger partial charge on any atom is -0.481 e. The number of hydrogen-bond donors (Lipinski definition) is 1. The van der Waals surface area contributed by atoms with Gasteiger partial charge < -0.3 is 14.6 Å². The second-order valence-corrected chi connectivity index (χ2v) is 4.13. The molecule has 0 saturated carbocycles. The molecule has 0 atom stereocenters. The van der Waals surface area contributed by atoms with Gasteiger partial charge in [0, 0.05) is 18.6 Å². The molecule has 0 rings (SSSR count). The van der Waals surface area contributed by atoms with Gasteiger partial charge in [-0.05, 0) is 0 Å². The largest absolute Gasteiger partial charge is 0.481 e. The topological polar surface area (TPSA) is 107 Å². The molecule has 0 saturated heterocycles. The van der Waals surface area contributed by atoms with Gasteiger partial charge in [-0.3, -0.25) is 9.59 Å². The zero-order valence-electron chi connectivity index (χ0n) is 13.2. The van der Waals surface area contributed by atoms with Gasteiger partial charge in [0.2, 0.25) is 5.78 Å². The zero-order chi connectivity index (χ0) is 21.0. The summed E-state index contributed by atoms with van der Waals surface area (Å²) in [6, 6.07) is 0. The van der Waals surface area contributed by atoms with E-state index in [1.807, 2.05) is 0 Å². The van der Waals surface area contributed by atoms with Crippen molar-refractivity contribution in [1.82, 2.24) is 0 Å². The zero-order valence-corrected chi connectivity index (χ0v) is 13.2. The van der Waals surface area contributed by atoms with Crippen molar-refractivity contribution < 1.29 is 55.7 Å². The molecule has 0 aromatic rings. The highest BCUT2D eigenvalue weighted by molar-refractivity contribution is 5.87. The molecule has 148 valence electrons. The van der Waals surface area contributed by atoms with Crippen LogP contribution in [0.5, 0.6) is 0 Å². The standard InChI is InChI=1S/C8H7F5O3.C6H8O4/c1-2-6(15)16-4-3-5(14)7(9,10)8(11,12)13;1-2-6(9)10-4-3-5(7)8/h2H,1,3-4H2;2H,1,3-4H2,(H,7,8). The number of ketones is 1. The number of Topliss-reactive ketones (excluding diaryl/α,β-unsaturated/α-hetero) is 1. The first-order chi connectivity index (χ1) is 11.8. The number of aliphatic carboxylic acids is 1. The highest BCUT2D eigenvalue weighted by Crippen LogP contribution is 2.36. The van der Waals surface area contributed by atoms with E-state index in [2.05, 4.69) is 22.6 Å². The lowest BCUT2D eigenvalue weighted by molar-refractivity contribution is -0.268. The van der Waals surface area contributed by atoms with Crippen molar-refractivity contribution in [3.8, 4) is 0 Å². The molecule has 0 bridgehead atoms. The maximum absolute atomic E-state index is 12.3. The number of halogens is 5. The third kappa shape index (κ3) is 10.9. The van der Waals surface area contributed by atoms with Crippen molar-refractivity contribution in [3.05, 3.63) is 25.3 Å². The molecule has 0 aromatic carbocycles. The first-order valence-corrected chi connectivity index (χ1v) is 6.57. The molecule has 0 fully saturated rings. The highest BCUT2D eigenvalue weighted by Gasteiger charge is 2.62. The summed E-state index contributed by atoms with van der Waals surface area (Å²) >= 11 is 0. The minimum absolute atomic E-state index is 0.0970. The summed E-state index contributed by atoms with van der Waals surface area (Å²) in [5.74, 6) is -10.4. The van der Waals surface area contributed by atoms with Gasteiger partial charge in [-0.25, -0.2) is 9.59 Å². The molecule has 0 heterocycles. The molecule has 0 aromatic heterocycles. The SMILES string of the molecule is C=CC(=O)OCCC(=O)C(F)(F)C(F)(F)F.C=CC(=O)OCCC(=O)O. The molecular weight excluding hydrogens is 375 g/mol. The van der Waals surface area contributed by atoms with Gasteiger partial charge in [-0.2, -0.15) is 22.0 Å². The summed E-state index contributed by atoms with van der Waals surface area (Å²) in [6.07, 6.45) is -5.65. The van der Waals surface area contributed by atoms with Crippen LogP contribution in [0.3, 0.4) is 0 Å². The molecule has 0 aliphatic carbocycles. The van der Waals surface area contributed by atoms with Crippen LogP contribution in [-0.2, 0) is 28.7 Å². The predicted molar refractivity (Wildman–Crippen MR) is 75.2 cm³/mol. The van der Waals surface area contributed by atoms with Crippen molar-refractivity contribution in [2.75, 3.05) is 13.2 Å². The van der Waals surface area contributed by atoms with Crippen molar-refractivity contribution >= 4 is 23.7 Å². The summed E-state index contributed by atoms with van der Waals surface area (Å²) < 4.78 is 68.0. The number of carboxylic acids is 1. The summed E-state index contributed by atoms with van der Waals surface area (Å²) in [5.41, 5.74) is 0. The monoisotopic (exact) mass is 390 g/mol. The lowest BCUT2D eigenvalue weighted by Gasteiger charge is -2.17. The van der Waals surface area contributed by atoms with Crippen LogP contribution in [0, 0.1) is 0 Å². The maximum Gasteiger partial charge on any atom is 0.461 e. The Hall–Kier alpha value is -2.79. The number of carbonyl (C=O) groups excluding carboxylic acids is 3. The summed E-state index contributed by atoms with van der Waals surface area (Å²) in [4.78, 5) is 41.0. The molecule has 0 aliphatic heterocycles. The first kappa shape index (κ1) is 25.5. The summed E-state index contributed by atoms with van der Waals surface area (Å²) in [5, 5.41) is 8.08. The number of alkyl halides is 5. The summed E-state index contributed by atoms with van der Waals surface area (Å²) in [6.45, 7) is 5.15. The van der Waals surface area contributed by atoms with E-state index >= 15 is 0 Å². The highest BCUT2D eigenvalue weighted by atomic mass is 19.4. The van der Waals surface area contributed by atoms with E-state index in [-0.39, 0.29) is 13.0 Å². The Kier molecular flexibility index (Phi) is 11.5. The lowest BCUT2D eigenvalue weighted by Crippen LogP contribution is -2.44. The molecule has 0 unspecified atom stereocenters. The van der Waals surface area contributed by atoms with E-state index in [4.69, 9.17) is 5.11 Å². The van der Waals surface area contributed by atoms with Crippen molar-refractivity contribution in [1.29, 1.82) is 0 Å². The second kappa shape index (κ2) is 11.7. The number of rotatable bonds is 9. The average molecular weight is 390 g/mol. The van der Waals surface area contributed by atoms with Crippen LogP contribution in [0.25, 0.3) is 0 Å². The Morgan fingerprint density at radius 2 is 1.23 bits per heavy atom. The maximum atomic E-state index is 12.3. The Balaban J connectivity index is 0. The average Bonchev–Trinajstić information content (AvgIpc) is 2.53. The van der Waals surface area contributed by atoms with Gasteiger partial charge in [0.05, 0.1) is 13.0 Å². The van der Waals surface area contributed by atoms with E-state index in [0.717, 1.165) is 6.08 Å². The van der Waals surface area contributed by atoms with E-state index in [9.17, 15) is 41.1 Å². The van der Waals surface area contributed by atoms with Crippen LogP contribution < -0.4 is 0 Å². The van der Waals surface area contributed by atoms with Gasteiger partial charge in [0.1, 0.15) is 6.61 Å². The molecule has 0 radical (unpaired) electrons. The quantitative estimate of drug-likeness (QED) is 0.365. The number of hydrogen-bond acceptors (Lipinski definition) is 6. The molecule has 12 heteroatoms. The fourth-order valence-electron chi connectivity index (χ4n) is 0.916. The molecule has 1 N–H and O–H groups in total. The van der Waals surface area contributed by atoms with Gasteiger partial charge in [0.25, 0.3) is 0 Å². The number of carboxylic acid groups (broad SMARTS) is 1. The molecule has 0 spiro atoms. The van der Waals surface area contributed by atoms with Crippen LogP contribution in [0.4, 0.5) is 22.0 Å². The number of carbonyl (C=O) groups is 4. The van der Waals surface area contributed by atoms with Crippen molar-refractivity contribution in [3.63, 3.8) is 0 Å². The van der Waals surface area contributed by atoms with Crippen LogP contribution in [0.1, 0.15) is 12.8 Å². The van der Waals surface area contributed by atoms with Gasteiger partial charge in [0.15, 0.2) is 0 Å². The van der Waals surface area contributed by atoms with Gasteiger partial charge >= 0.3 is 30.0 Å². The smallest absolute Gasteiger partial charge is 0.461 e. The third-order valence-electron chi connectivity index (χ3n) is 2.17. The molecule has 7 nitrogen and oxygen atoms in total. The van der Waals surface area contributed by atoms with Crippen LogP contribution >= 0.6 is 0 Å². The molecule has 0 aliphatic rings. The van der Waals surface area contributed by atoms with Crippen molar-refractivity contribution in [2.45, 2.75) is 24.9 Å². The Morgan fingerprint density at radius 3 is 1.54 bits per heavy atom. The Labute approximate surface area is 144 Å². The van der Waals surface area contributed by atoms with Crippen LogP contribution in [0.15, 0.2) is 25.3 Å². The lowest BCUT2D eigenvalue weighted by atomic mass is 10.1. The summed E-state index contributed by atoms with van der Waals surface area (Å²) in [7, 11) is 0. The van der Waals surface area contributed by atoms with Crippen LogP contribution in [0.2, 0.25) is 0 Å². The third-order valence-corrected chi connectivity index (χ3v) is 2.17. The van der Waals surface area contributed by atoms with Crippen molar-refractivity contribution in [2.24, 2.45) is 0 Å². The van der Waals surface area contributed by atoms with E-state index in [1.54, 1.807) is 0 Å². The Morgan fingerprint density at radius 1 is 0.846 bits per heavy atom.